The molecule has 162 valence electrons. The minimum Gasteiger partial charge on any atom is -0.449 e. The fourth-order valence-electron chi connectivity index (χ4n) is 3.00. The summed E-state index contributed by atoms with van der Waals surface area (Å²) in [5.41, 5.74) is 6.84. The van der Waals surface area contributed by atoms with E-state index in [-0.39, 0.29) is 37.1 Å². The van der Waals surface area contributed by atoms with Crippen molar-refractivity contribution >= 4 is 23.3 Å². The number of anilines is 2. The van der Waals surface area contributed by atoms with E-state index in [0.29, 0.717) is 6.42 Å². The number of carbonyl (C=O) groups excluding carboxylic acids is 1. The molecule has 0 unspecified atom stereocenters. The molecular formula is C20H22N6O5. The minimum absolute atomic E-state index is 0.0261. The molecule has 31 heavy (non-hydrogen) atoms. The first kappa shape index (κ1) is 21.7. The number of rotatable bonds is 8. The van der Waals surface area contributed by atoms with E-state index in [1.165, 1.54) is 10.7 Å². The van der Waals surface area contributed by atoms with Crippen molar-refractivity contribution in [3.8, 4) is 5.82 Å². The van der Waals surface area contributed by atoms with Gasteiger partial charge in [0.1, 0.15) is 5.69 Å². The summed E-state index contributed by atoms with van der Waals surface area (Å²) in [6.07, 6.45) is 2.80. The quantitative estimate of drug-likeness (QED) is 0.412. The maximum absolute atomic E-state index is 12.7. The fraction of sp³-hybridized carbons (Fsp3) is 0.250. The third-order valence-electron chi connectivity index (χ3n) is 4.40. The van der Waals surface area contributed by atoms with Gasteiger partial charge in [-0.15, -0.1) is 0 Å². The Morgan fingerprint density at radius 3 is 2.71 bits per heavy atom. The van der Waals surface area contributed by atoms with Crippen molar-refractivity contribution in [2.75, 3.05) is 23.8 Å². The number of pyridine rings is 1. The molecule has 2 aromatic heterocycles. The highest BCUT2D eigenvalue weighted by Crippen LogP contribution is 2.35. The maximum Gasteiger partial charge on any atom is 0.414 e. The van der Waals surface area contributed by atoms with Crippen molar-refractivity contribution < 1.29 is 19.6 Å². The predicted molar refractivity (Wildman–Crippen MR) is 113 cm³/mol. The smallest absolute Gasteiger partial charge is 0.414 e. The van der Waals surface area contributed by atoms with Crippen LogP contribution in [0.1, 0.15) is 18.1 Å². The van der Waals surface area contributed by atoms with Crippen LogP contribution in [0.2, 0.25) is 0 Å². The van der Waals surface area contributed by atoms with Crippen LogP contribution in [0.4, 0.5) is 22.0 Å². The second-order valence-corrected chi connectivity index (χ2v) is 6.53. The van der Waals surface area contributed by atoms with Gasteiger partial charge in [0.25, 0.3) is 0 Å². The van der Waals surface area contributed by atoms with Gasteiger partial charge in [-0.25, -0.2) is 14.5 Å². The number of aromatic nitrogens is 3. The molecule has 0 aliphatic heterocycles. The van der Waals surface area contributed by atoms with Gasteiger partial charge in [0.15, 0.2) is 5.82 Å². The second kappa shape index (κ2) is 9.67. The molecule has 11 heteroatoms. The van der Waals surface area contributed by atoms with E-state index in [1.54, 1.807) is 43.6 Å². The van der Waals surface area contributed by atoms with Gasteiger partial charge in [-0.1, -0.05) is 30.3 Å². The summed E-state index contributed by atoms with van der Waals surface area (Å²) in [5, 5.41) is 25.0. The zero-order valence-electron chi connectivity index (χ0n) is 16.8. The van der Waals surface area contributed by atoms with E-state index in [9.17, 15) is 14.9 Å². The molecule has 3 N–H and O–H groups in total. The average Bonchev–Trinajstić information content (AvgIpc) is 3.21. The van der Waals surface area contributed by atoms with Gasteiger partial charge in [0, 0.05) is 18.9 Å². The van der Waals surface area contributed by atoms with Crippen LogP contribution in [-0.4, -0.2) is 44.1 Å². The van der Waals surface area contributed by atoms with E-state index in [0.717, 1.165) is 16.0 Å². The van der Waals surface area contributed by atoms with Gasteiger partial charge < -0.3 is 15.6 Å². The number of carbonyl (C=O) groups is 1. The van der Waals surface area contributed by atoms with Crippen LogP contribution in [0.3, 0.4) is 0 Å². The average molecular weight is 426 g/mol. The summed E-state index contributed by atoms with van der Waals surface area (Å²) < 4.78 is 6.52. The lowest BCUT2D eigenvalue weighted by atomic mass is 10.2. The number of aliphatic hydroxyl groups is 1. The lowest BCUT2D eigenvalue weighted by Gasteiger charge is -2.22. The standard InChI is InChI=1S/C20H22N6O5/c1-2-31-20(28)24(12-14-6-4-3-5-7-14)16-10-17(23-19(21)18(16)26(29)30)25-13-15(8-9-27)11-22-25/h3-7,10-11,13,27H,2,8-9,12H2,1H3,(H2,21,23). The monoisotopic (exact) mass is 426 g/mol. The summed E-state index contributed by atoms with van der Waals surface area (Å²) in [5.74, 6) is -0.177. The van der Waals surface area contributed by atoms with Gasteiger partial charge >= 0.3 is 11.8 Å². The number of nitrogens with two attached hydrogens (primary N) is 1. The summed E-state index contributed by atoms with van der Waals surface area (Å²) in [7, 11) is 0. The SMILES string of the molecule is CCOC(=O)N(Cc1ccccc1)c1cc(-n2cc(CCO)cn2)nc(N)c1[N+](=O)[O-]. The third-order valence-corrected chi connectivity index (χ3v) is 4.40. The number of benzene rings is 1. The Morgan fingerprint density at radius 1 is 1.32 bits per heavy atom. The van der Waals surface area contributed by atoms with E-state index < -0.39 is 16.7 Å². The van der Waals surface area contributed by atoms with E-state index in [1.807, 2.05) is 6.07 Å². The summed E-state index contributed by atoms with van der Waals surface area (Å²) in [4.78, 5) is 29.1. The number of nitrogen functional groups attached to an aromatic ring is 1. The predicted octanol–water partition coefficient (Wildman–Crippen LogP) is 2.46. The zero-order valence-corrected chi connectivity index (χ0v) is 16.8. The van der Waals surface area contributed by atoms with Crippen LogP contribution in [0.25, 0.3) is 5.82 Å². The zero-order chi connectivity index (χ0) is 22.4. The van der Waals surface area contributed by atoms with Crippen molar-refractivity contribution in [2.45, 2.75) is 19.9 Å². The molecule has 0 radical (unpaired) electrons. The van der Waals surface area contributed by atoms with Gasteiger partial charge in [0.05, 0.1) is 24.3 Å². The van der Waals surface area contributed by atoms with Gasteiger partial charge in [-0.2, -0.15) is 5.10 Å². The van der Waals surface area contributed by atoms with Crippen LogP contribution in [0, 0.1) is 10.1 Å². The number of aliphatic hydroxyl groups excluding tert-OH is 1. The first-order valence-electron chi connectivity index (χ1n) is 9.52. The summed E-state index contributed by atoms with van der Waals surface area (Å²) in [6.45, 7) is 1.71. The van der Waals surface area contributed by atoms with E-state index in [2.05, 4.69) is 10.1 Å². The Bertz CT molecular complexity index is 1070. The number of ether oxygens (including phenoxy) is 1. The van der Waals surface area contributed by atoms with Gasteiger partial charge in [0.2, 0.25) is 5.82 Å². The lowest BCUT2D eigenvalue weighted by molar-refractivity contribution is -0.383. The molecule has 11 nitrogen and oxygen atoms in total. The molecule has 3 rings (SSSR count). The topological polar surface area (TPSA) is 150 Å². The number of hydrogen-bond acceptors (Lipinski definition) is 8. The summed E-state index contributed by atoms with van der Waals surface area (Å²) >= 11 is 0. The molecule has 1 amide bonds. The Balaban J connectivity index is 2.13. The van der Waals surface area contributed by atoms with Gasteiger partial charge in [-0.05, 0) is 24.5 Å². The molecule has 0 fully saturated rings. The molecule has 0 saturated carbocycles. The molecular weight excluding hydrogens is 404 g/mol. The van der Waals surface area contributed by atoms with Crippen molar-refractivity contribution in [3.05, 3.63) is 70.0 Å². The van der Waals surface area contributed by atoms with Crippen molar-refractivity contribution in [3.63, 3.8) is 0 Å². The molecule has 0 bridgehead atoms. The molecule has 0 spiro atoms. The molecule has 1 aromatic carbocycles. The van der Waals surface area contributed by atoms with Crippen LogP contribution in [-0.2, 0) is 17.7 Å². The first-order valence-corrected chi connectivity index (χ1v) is 9.52. The van der Waals surface area contributed by atoms with E-state index in [4.69, 9.17) is 15.6 Å². The highest BCUT2D eigenvalue weighted by atomic mass is 16.6. The van der Waals surface area contributed by atoms with Crippen LogP contribution >= 0.6 is 0 Å². The molecule has 0 atom stereocenters. The normalized spacial score (nSPS) is 10.6. The number of hydrogen-bond donors (Lipinski definition) is 2. The molecule has 0 aliphatic carbocycles. The molecule has 3 aromatic rings. The highest BCUT2D eigenvalue weighted by Gasteiger charge is 2.30. The van der Waals surface area contributed by atoms with Crippen molar-refractivity contribution in [1.82, 2.24) is 14.8 Å². The largest absolute Gasteiger partial charge is 0.449 e. The third kappa shape index (κ3) is 4.95. The van der Waals surface area contributed by atoms with Crippen molar-refractivity contribution in [2.24, 2.45) is 0 Å². The highest BCUT2D eigenvalue weighted by molar-refractivity contribution is 5.93. The van der Waals surface area contributed by atoms with Gasteiger partial charge in [-0.3, -0.25) is 15.0 Å². The Hall–Kier alpha value is -3.99. The molecule has 2 heterocycles. The Morgan fingerprint density at radius 2 is 2.06 bits per heavy atom. The van der Waals surface area contributed by atoms with E-state index >= 15 is 0 Å². The Labute approximate surface area is 177 Å². The lowest BCUT2D eigenvalue weighted by Crippen LogP contribution is -2.32. The van der Waals surface area contributed by atoms with Crippen molar-refractivity contribution in [1.29, 1.82) is 0 Å². The minimum atomic E-state index is -0.757. The first-order chi connectivity index (χ1) is 14.9. The van der Waals surface area contributed by atoms with Crippen LogP contribution < -0.4 is 10.6 Å². The van der Waals surface area contributed by atoms with Crippen LogP contribution in [0.15, 0.2) is 48.8 Å². The molecule has 0 saturated heterocycles. The number of nitro groups is 1. The number of nitrogens with zero attached hydrogens (tertiary/aromatic N) is 5. The fourth-order valence-corrected chi connectivity index (χ4v) is 3.00. The summed E-state index contributed by atoms with van der Waals surface area (Å²) in [6, 6.07) is 10.4. The number of amides is 1. The maximum atomic E-state index is 12.7. The van der Waals surface area contributed by atoms with Crippen LogP contribution in [0.5, 0.6) is 0 Å². The second-order valence-electron chi connectivity index (χ2n) is 6.53. The Kier molecular flexibility index (Phi) is 6.78. The molecule has 0 aliphatic rings.